The zero-order chi connectivity index (χ0) is 23.1. The lowest BCUT2D eigenvalue weighted by atomic mass is 10.2. The maximum atomic E-state index is 12.5. The third-order valence-electron chi connectivity index (χ3n) is 4.39. The van der Waals surface area contributed by atoms with E-state index in [1.807, 2.05) is 0 Å². The number of carbonyl (C=O) groups is 2. The molecule has 1 amide bonds. The van der Waals surface area contributed by atoms with Crippen molar-refractivity contribution in [2.45, 2.75) is 24.3 Å². The molecule has 0 radical (unpaired) electrons. The number of nitrogens with one attached hydrogen (secondary N) is 2. The van der Waals surface area contributed by atoms with E-state index in [9.17, 15) is 18.0 Å². The number of amides is 1. The van der Waals surface area contributed by atoms with E-state index in [0.29, 0.717) is 11.4 Å². The summed E-state index contributed by atoms with van der Waals surface area (Å²) in [5.41, 5.74) is 6.74. The normalized spacial score (nSPS) is 11.9. The molecular weight excluding hydrogens is 432 g/mol. The average Bonchev–Trinajstić information content (AvgIpc) is 2.78. The van der Waals surface area contributed by atoms with Gasteiger partial charge in [-0.25, -0.2) is 18.2 Å². The Bertz CT molecular complexity index is 1180. The first-order chi connectivity index (χ1) is 15.3. The van der Waals surface area contributed by atoms with Gasteiger partial charge in [0.1, 0.15) is 5.82 Å². The molecule has 4 N–H and O–H groups in total. The van der Waals surface area contributed by atoms with E-state index in [4.69, 9.17) is 10.5 Å². The highest BCUT2D eigenvalue weighted by molar-refractivity contribution is 7.92. The summed E-state index contributed by atoms with van der Waals surface area (Å²) in [4.78, 5) is 28.7. The molecule has 9 nitrogen and oxygen atoms in total. The van der Waals surface area contributed by atoms with Crippen molar-refractivity contribution in [1.82, 2.24) is 4.98 Å². The highest BCUT2D eigenvalue weighted by atomic mass is 32.2. The van der Waals surface area contributed by atoms with Crippen LogP contribution in [0.5, 0.6) is 0 Å². The number of aromatic nitrogens is 1. The number of sulfonamides is 1. The minimum Gasteiger partial charge on any atom is -0.449 e. The van der Waals surface area contributed by atoms with E-state index >= 15 is 0 Å². The number of esters is 1. The van der Waals surface area contributed by atoms with Crippen LogP contribution in [0.2, 0.25) is 0 Å². The molecule has 0 aliphatic carbocycles. The summed E-state index contributed by atoms with van der Waals surface area (Å²) >= 11 is 0. The van der Waals surface area contributed by atoms with Crippen LogP contribution in [0.3, 0.4) is 0 Å². The molecule has 0 saturated carbocycles. The van der Waals surface area contributed by atoms with Crippen molar-refractivity contribution in [3.05, 3.63) is 78.5 Å². The number of pyridine rings is 1. The Morgan fingerprint density at radius 2 is 1.72 bits per heavy atom. The molecule has 0 saturated heterocycles. The van der Waals surface area contributed by atoms with Crippen LogP contribution in [-0.2, 0) is 19.6 Å². The van der Waals surface area contributed by atoms with Gasteiger partial charge in [0.25, 0.3) is 15.9 Å². The fourth-order valence-corrected chi connectivity index (χ4v) is 3.71. The molecular formula is C22H22N4O5S. The van der Waals surface area contributed by atoms with Gasteiger partial charge in [-0.1, -0.05) is 13.0 Å². The van der Waals surface area contributed by atoms with Gasteiger partial charge in [-0.05, 0) is 67.1 Å². The molecule has 1 aromatic heterocycles. The second-order valence-electron chi connectivity index (χ2n) is 6.76. The standard InChI is InChI=1S/C22H22N4O5S/c1-2-19(31-22(28)15-6-8-16(23)9-7-15)21(27)25-17-10-12-18(13-11-17)32(29,30)26-20-5-3-4-14-24-20/h3-14,19H,2,23H2,1H3,(H,24,26)(H,25,27). The molecule has 0 aliphatic rings. The molecule has 0 aliphatic heterocycles. The lowest BCUT2D eigenvalue weighted by molar-refractivity contribution is -0.124. The minimum absolute atomic E-state index is 0.00275. The van der Waals surface area contributed by atoms with Crippen LogP contribution in [-0.4, -0.2) is 31.4 Å². The fraction of sp³-hybridized carbons (Fsp3) is 0.136. The number of carbonyl (C=O) groups excluding carboxylic acids is 2. The minimum atomic E-state index is -3.83. The number of nitrogen functional groups attached to an aromatic ring is 1. The Morgan fingerprint density at radius 3 is 2.31 bits per heavy atom. The van der Waals surface area contributed by atoms with Gasteiger partial charge in [0.05, 0.1) is 10.5 Å². The topological polar surface area (TPSA) is 140 Å². The van der Waals surface area contributed by atoms with Gasteiger partial charge in [0, 0.05) is 17.6 Å². The van der Waals surface area contributed by atoms with Crippen LogP contribution < -0.4 is 15.8 Å². The Balaban J connectivity index is 1.63. The molecule has 10 heteroatoms. The van der Waals surface area contributed by atoms with Crippen molar-refractivity contribution in [3.63, 3.8) is 0 Å². The summed E-state index contributed by atoms with van der Waals surface area (Å²) in [6.07, 6.45) is 0.711. The van der Waals surface area contributed by atoms with E-state index in [1.54, 1.807) is 31.2 Å². The smallest absolute Gasteiger partial charge is 0.338 e. The lowest BCUT2D eigenvalue weighted by Gasteiger charge is -2.16. The van der Waals surface area contributed by atoms with Crippen molar-refractivity contribution in [2.24, 2.45) is 0 Å². The number of ether oxygens (including phenoxy) is 1. The van der Waals surface area contributed by atoms with Crippen molar-refractivity contribution >= 4 is 39.1 Å². The molecule has 0 fully saturated rings. The second-order valence-corrected chi connectivity index (χ2v) is 8.44. The predicted molar refractivity (Wildman–Crippen MR) is 120 cm³/mol. The first-order valence-electron chi connectivity index (χ1n) is 9.70. The van der Waals surface area contributed by atoms with Gasteiger partial charge in [-0.3, -0.25) is 9.52 Å². The molecule has 2 aromatic carbocycles. The van der Waals surface area contributed by atoms with E-state index in [0.717, 1.165) is 0 Å². The van der Waals surface area contributed by atoms with E-state index in [2.05, 4.69) is 15.0 Å². The monoisotopic (exact) mass is 454 g/mol. The Hall–Kier alpha value is -3.92. The van der Waals surface area contributed by atoms with Crippen LogP contribution in [0, 0.1) is 0 Å². The molecule has 1 heterocycles. The lowest BCUT2D eigenvalue weighted by Crippen LogP contribution is -2.32. The summed E-state index contributed by atoms with van der Waals surface area (Å²) in [5.74, 6) is -0.980. The van der Waals surface area contributed by atoms with Gasteiger partial charge >= 0.3 is 5.97 Å². The van der Waals surface area contributed by atoms with Crippen molar-refractivity contribution < 1.29 is 22.7 Å². The predicted octanol–water partition coefficient (Wildman–Crippen LogP) is 3.04. The Labute approximate surface area is 185 Å². The molecule has 1 unspecified atom stereocenters. The second kappa shape index (κ2) is 9.92. The number of nitrogens with zero attached hydrogens (tertiary/aromatic N) is 1. The zero-order valence-electron chi connectivity index (χ0n) is 17.2. The number of nitrogens with two attached hydrogens (primary N) is 1. The maximum Gasteiger partial charge on any atom is 0.338 e. The summed E-state index contributed by atoms with van der Waals surface area (Å²) in [5, 5.41) is 2.62. The molecule has 3 rings (SSSR count). The van der Waals surface area contributed by atoms with Gasteiger partial charge in [0.2, 0.25) is 0 Å². The van der Waals surface area contributed by atoms with E-state index < -0.39 is 28.0 Å². The van der Waals surface area contributed by atoms with Crippen LogP contribution in [0.1, 0.15) is 23.7 Å². The summed E-state index contributed by atoms with van der Waals surface area (Å²) in [6, 6.07) is 16.6. The highest BCUT2D eigenvalue weighted by Crippen LogP contribution is 2.18. The number of anilines is 3. The highest BCUT2D eigenvalue weighted by Gasteiger charge is 2.22. The summed E-state index contributed by atoms with van der Waals surface area (Å²) in [6.45, 7) is 1.71. The molecule has 0 spiro atoms. The first-order valence-corrected chi connectivity index (χ1v) is 11.2. The largest absolute Gasteiger partial charge is 0.449 e. The van der Waals surface area contributed by atoms with Gasteiger partial charge in [-0.2, -0.15) is 0 Å². The number of benzene rings is 2. The summed E-state index contributed by atoms with van der Waals surface area (Å²) < 4.78 is 32.6. The van der Waals surface area contributed by atoms with Crippen LogP contribution in [0.15, 0.2) is 77.8 Å². The molecule has 3 aromatic rings. The van der Waals surface area contributed by atoms with Gasteiger partial charge in [-0.15, -0.1) is 0 Å². The Morgan fingerprint density at radius 1 is 1.03 bits per heavy atom. The average molecular weight is 455 g/mol. The summed E-state index contributed by atoms with van der Waals surface area (Å²) in [7, 11) is -3.83. The van der Waals surface area contributed by atoms with Crippen LogP contribution in [0.4, 0.5) is 17.2 Å². The van der Waals surface area contributed by atoms with Crippen LogP contribution >= 0.6 is 0 Å². The van der Waals surface area contributed by atoms with Crippen LogP contribution in [0.25, 0.3) is 0 Å². The molecule has 1 atom stereocenters. The zero-order valence-corrected chi connectivity index (χ0v) is 18.0. The first kappa shape index (κ1) is 22.8. The SMILES string of the molecule is CCC(OC(=O)c1ccc(N)cc1)C(=O)Nc1ccc(S(=O)(=O)Nc2ccccn2)cc1. The quantitative estimate of drug-likeness (QED) is 0.351. The number of rotatable bonds is 8. The number of hydrogen-bond donors (Lipinski definition) is 3. The maximum absolute atomic E-state index is 12.5. The van der Waals surface area contributed by atoms with Gasteiger partial charge < -0.3 is 15.8 Å². The molecule has 166 valence electrons. The Kier molecular flexibility index (Phi) is 7.06. The third kappa shape index (κ3) is 5.82. The van der Waals surface area contributed by atoms with E-state index in [-0.39, 0.29) is 22.7 Å². The fourth-order valence-electron chi connectivity index (χ4n) is 2.70. The molecule has 32 heavy (non-hydrogen) atoms. The van der Waals surface area contributed by atoms with Crippen molar-refractivity contribution in [1.29, 1.82) is 0 Å². The molecule has 0 bridgehead atoms. The number of hydrogen-bond acceptors (Lipinski definition) is 7. The third-order valence-corrected chi connectivity index (χ3v) is 5.77. The van der Waals surface area contributed by atoms with E-state index in [1.165, 1.54) is 48.7 Å². The van der Waals surface area contributed by atoms with Crippen molar-refractivity contribution in [2.75, 3.05) is 15.8 Å². The van der Waals surface area contributed by atoms with Gasteiger partial charge in [0.15, 0.2) is 6.10 Å². The van der Waals surface area contributed by atoms with Crippen molar-refractivity contribution in [3.8, 4) is 0 Å².